The highest BCUT2D eigenvalue weighted by atomic mass is 16.5. The van der Waals surface area contributed by atoms with Crippen molar-refractivity contribution in [1.82, 2.24) is 16.0 Å². The third kappa shape index (κ3) is 2.92. The molecule has 0 saturated carbocycles. The van der Waals surface area contributed by atoms with Crippen LogP contribution < -0.4 is 16.0 Å². The van der Waals surface area contributed by atoms with Gasteiger partial charge in [-0.2, -0.15) is 0 Å². The lowest BCUT2D eigenvalue weighted by Crippen LogP contribution is -2.35. The minimum absolute atomic E-state index is 0.750. The van der Waals surface area contributed by atoms with Crippen molar-refractivity contribution >= 4 is 0 Å². The summed E-state index contributed by atoms with van der Waals surface area (Å²) in [6.07, 6.45) is 1.39. The molecule has 3 heterocycles. The lowest BCUT2D eigenvalue weighted by Gasteiger charge is -2.24. The third-order valence-corrected chi connectivity index (χ3v) is 3.21. The van der Waals surface area contributed by atoms with Crippen molar-refractivity contribution in [2.75, 3.05) is 46.1 Å². The molecule has 14 heavy (non-hydrogen) atoms. The van der Waals surface area contributed by atoms with Crippen LogP contribution >= 0.6 is 0 Å². The van der Waals surface area contributed by atoms with Crippen LogP contribution in [0.4, 0.5) is 0 Å². The molecular formula is C10H21N3O. The quantitative estimate of drug-likeness (QED) is 0.486. The van der Waals surface area contributed by atoms with Crippen molar-refractivity contribution in [3.8, 4) is 0 Å². The molecule has 0 aromatic heterocycles. The van der Waals surface area contributed by atoms with E-state index in [2.05, 4.69) is 16.0 Å². The van der Waals surface area contributed by atoms with Crippen molar-refractivity contribution in [2.24, 2.45) is 11.8 Å². The minimum atomic E-state index is 0.750. The van der Waals surface area contributed by atoms with Crippen molar-refractivity contribution in [3.05, 3.63) is 0 Å². The lowest BCUT2D eigenvalue weighted by molar-refractivity contribution is 0.194. The summed E-state index contributed by atoms with van der Waals surface area (Å²) in [5, 5.41) is 9.84. The van der Waals surface area contributed by atoms with Crippen LogP contribution in [0.5, 0.6) is 0 Å². The molecule has 0 bridgehead atoms. The van der Waals surface area contributed by atoms with Crippen LogP contribution in [-0.2, 0) is 4.74 Å². The zero-order valence-corrected chi connectivity index (χ0v) is 8.72. The van der Waals surface area contributed by atoms with E-state index < -0.39 is 0 Å². The van der Waals surface area contributed by atoms with Gasteiger partial charge in [0.1, 0.15) is 0 Å². The number of hydrogen-bond donors (Lipinski definition) is 3. The van der Waals surface area contributed by atoms with Gasteiger partial charge in [-0.25, -0.2) is 0 Å². The largest absolute Gasteiger partial charge is 0.365 e. The second-order valence-electron chi connectivity index (χ2n) is 4.22. The van der Waals surface area contributed by atoms with Crippen molar-refractivity contribution < 1.29 is 4.74 Å². The summed E-state index contributed by atoms with van der Waals surface area (Å²) < 4.78 is 4.83. The highest BCUT2D eigenvalue weighted by Crippen LogP contribution is 2.21. The van der Waals surface area contributed by atoms with E-state index >= 15 is 0 Å². The first kappa shape index (κ1) is 10.4. The molecule has 0 amide bonds. The Hall–Kier alpha value is -0.160. The highest BCUT2D eigenvalue weighted by molar-refractivity contribution is 4.85. The monoisotopic (exact) mass is 199 g/mol. The summed E-state index contributed by atoms with van der Waals surface area (Å²) >= 11 is 0. The second kappa shape index (κ2) is 5.66. The third-order valence-electron chi connectivity index (χ3n) is 3.21. The van der Waals surface area contributed by atoms with Gasteiger partial charge in [-0.3, -0.25) is 5.32 Å². The van der Waals surface area contributed by atoms with Gasteiger partial charge in [-0.1, -0.05) is 0 Å². The number of fused-ring (bicyclic) bond motifs is 1. The van der Waals surface area contributed by atoms with Crippen molar-refractivity contribution in [2.45, 2.75) is 6.42 Å². The maximum atomic E-state index is 4.83. The van der Waals surface area contributed by atoms with E-state index in [1.165, 1.54) is 32.6 Å². The maximum Gasteiger partial charge on any atom is 0.0966 e. The first-order valence-corrected chi connectivity index (χ1v) is 5.66. The Bertz CT molecular complexity index is 142. The zero-order valence-electron chi connectivity index (χ0n) is 8.72. The predicted molar refractivity (Wildman–Crippen MR) is 56.2 cm³/mol. The topological polar surface area (TPSA) is 45.3 Å². The first-order chi connectivity index (χ1) is 6.97. The number of hydrogen-bond acceptors (Lipinski definition) is 4. The van der Waals surface area contributed by atoms with Crippen LogP contribution in [0, 0.1) is 11.8 Å². The molecule has 3 N–H and O–H groups in total. The normalized spacial score (nSPS) is 36.0. The van der Waals surface area contributed by atoms with Crippen molar-refractivity contribution in [1.29, 1.82) is 0 Å². The molecular weight excluding hydrogens is 178 g/mol. The molecule has 4 heteroatoms. The molecule has 3 fully saturated rings. The molecule has 3 aliphatic rings. The van der Waals surface area contributed by atoms with E-state index in [-0.39, 0.29) is 0 Å². The van der Waals surface area contributed by atoms with E-state index in [0.29, 0.717) is 0 Å². The molecule has 0 aromatic rings. The van der Waals surface area contributed by atoms with Gasteiger partial charge in [0.25, 0.3) is 0 Å². The number of ether oxygens (including phenoxy) is 1. The minimum Gasteiger partial charge on any atom is -0.365 e. The zero-order chi connectivity index (χ0) is 9.64. The SMILES string of the molecule is C1CC2CNCC2CN1.C1COCN1. The fourth-order valence-corrected chi connectivity index (χ4v) is 2.30. The van der Waals surface area contributed by atoms with Crippen LogP contribution in [0.1, 0.15) is 6.42 Å². The maximum absolute atomic E-state index is 4.83. The summed E-state index contributed by atoms with van der Waals surface area (Å²) in [6.45, 7) is 7.67. The summed E-state index contributed by atoms with van der Waals surface area (Å²) in [6, 6.07) is 0. The molecule has 3 aliphatic heterocycles. The van der Waals surface area contributed by atoms with Gasteiger partial charge in [0.15, 0.2) is 0 Å². The number of rotatable bonds is 0. The fraction of sp³-hybridized carbons (Fsp3) is 1.00. The first-order valence-electron chi connectivity index (χ1n) is 5.66. The van der Waals surface area contributed by atoms with Crippen LogP contribution in [-0.4, -0.2) is 46.1 Å². The van der Waals surface area contributed by atoms with Gasteiger partial charge in [-0.15, -0.1) is 0 Å². The second-order valence-corrected chi connectivity index (χ2v) is 4.22. The lowest BCUT2D eigenvalue weighted by atomic mass is 9.90. The molecule has 2 unspecified atom stereocenters. The standard InChI is InChI=1S/C7H14N2.C3H7NO/c1-2-8-4-7-5-9-3-6(1)7;1-2-5-3-4-1/h6-9H,1-5H2;4H,1-3H2. The Kier molecular flexibility index (Phi) is 4.19. The highest BCUT2D eigenvalue weighted by Gasteiger charge is 2.28. The van der Waals surface area contributed by atoms with Crippen LogP contribution in [0.15, 0.2) is 0 Å². The molecule has 4 nitrogen and oxygen atoms in total. The fourth-order valence-electron chi connectivity index (χ4n) is 2.30. The van der Waals surface area contributed by atoms with Gasteiger partial charge in [0.2, 0.25) is 0 Å². The molecule has 82 valence electrons. The van der Waals surface area contributed by atoms with Gasteiger partial charge in [0.05, 0.1) is 13.3 Å². The summed E-state index contributed by atoms with van der Waals surface area (Å²) in [5.74, 6) is 1.94. The molecule has 2 atom stereocenters. The van der Waals surface area contributed by atoms with Gasteiger partial charge >= 0.3 is 0 Å². The Morgan fingerprint density at radius 1 is 0.857 bits per heavy atom. The average molecular weight is 199 g/mol. The number of piperidine rings is 1. The molecule has 0 radical (unpaired) electrons. The van der Waals surface area contributed by atoms with E-state index in [9.17, 15) is 0 Å². The van der Waals surface area contributed by atoms with Gasteiger partial charge in [-0.05, 0) is 44.4 Å². The van der Waals surface area contributed by atoms with Crippen LogP contribution in [0.25, 0.3) is 0 Å². The van der Waals surface area contributed by atoms with E-state index in [1.807, 2.05) is 0 Å². The molecule has 0 aromatic carbocycles. The number of nitrogens with one attached hydrogen (secondary N) is 3. The predicted octanol–water partition coefficient (Wildman–Crippen LogP) is -0.621. The van der Waals surface area contributed by atoms with Crippen LogP contribution in [0.2, 0.25) is 0 Å². The Morgan fingerprint density at radius 2 is 1.71 bits per heavy atom. The van der Waals surface area contributed by atoms with Gasteiger partial charge < -0.3 is 15.4 Å². The van der Waals surface area contributed by atoms with E-state index in [0.717, 1.165) is 31.7 Å². The Morgan fingerprint density at radius 3 is 2.36 bits per heavy atom. The van der Waals surface area contributed by atoms with Crippen molar-refractivity contribution in [3.63, 3.8) is 0 Å². The summed E-state index contributed by atoms with van der Waals surface area (Å²) in [4.78, 5) is 0. The van der Waals surface area contributed by atoms with E-state index in [4.69, 9.17) is 4.74 Å². The van der Waals surface area contributed by atoms with E-state index in [1.54, 1.807) is 0 Å². The summed E-state index contributed by atoms with van der Waals surface area (Å²) in [5.41, 5.74) is 0. The van der Waals surface area contributed by atoms with Gasteiger partial charge in [0, 0.05) is 6.54 Å². The Balaban J connectivity index is 0.000000128. The Labute approximate surface area is 85.8 Å². The molecule has 3 rings (SSSR count). The molecule has 3 saturated heterocycles. The average Bonchev–Trinajstić information content (AvgIpc) is 2.92. The van der Waals surface area contributed by atoms with Crippen LogP contribution in [0.3, 0.4) is 0 Å². The summed E-state index contributed by atoms with van der Waals surface area (Å²) in [7, 11) is 0. The smallest absolute Gasteiger partial charge is 0.0966 e. The molecule has 0 spiro atoms. The molecule has 0 aliphatic carbocycles.